The Morgan fingerprint density at radius 2 is 1.56 bits per heavy atom. The second-order valence-corrected chi connectivity index (χ2v) is 6.17. The molecule has 0 bridgehead atoms. The summed E-state index contributed by atoms with van der Waals surface area (Å²) in [6, 6.07) is 23.8. The van der Waals surface area contributed by atoms with Crippen LogP contribution in [0.4, 0.5) is 0 Å². The molecule has 3 aromatic carbocycles. The monoisotopic (exact) mass is 363 g/mol. The van der Waals surface area contributed by atoms with E-state index < -0.39 is 0 Å². The minimum atomic E-state index is 0.776. The van der Waals surface area contributed by atoms with Gasteiger partial charge in [-0.25, -0.2) is 0 Å². The van der Waals surface area contributed by atoms with Crippen LogP contribution in [-0.2, 0) is 13.0 Å². The van der Waals surface area contributed by atoms with Gasteiger partial charge in [-0.3, -0.25) is 0 Å². The van der Waals surface area contributed by atoms with E-state index >= 15 is 0 Å². The van der Waals surface area contributed by atoms with Crippen molar-refractivity contribution < 1.29 is 14.2 Å². The summed E-state index contributed by atoms with van der Waals surface area (Å²) in [6.45, 7) is 1.62. The molecule has 0 aliphatic carbocycles. The van der Waals surface area contributed by atoms with Gasteiger partial charge in [0.05, 0.1) is 14.2 Å². The summed E-state index contributed by atoms with van der Waals surface area (Å²) >= 11 is 0. The lowest BCUT2D eigenvalue weighted by Crippen LogP contribution is -2.17. The van der Waals surface area contributed by atoms with Crippen LogP contribution in [0.3, 0.4) is 0 Å². The molecule has 0 aliphatic heterocycles. The summed E-state index contributed by atoms with van der Waals surface area (Å²) in [5, 5.41) is 3.48. The first-order valence-corrected chi connectivity index (χ1v) is 9.02. The molecule has 0 unspecified atom stereocenters. The van der Waals surface area contributed by atoms with Crippen LogP contribution in [0.2, 0.25) is 0 Å². The minimum absolute atomic E-state index is 0.776. The number of ether oxygens (including phenoxy) is 3. The normalized spacial score (nSPS) is 10.4. The quantitative estimate of drug-likeness (QED) is 0.553. The van der Waals surface area contributed by atoms with Crippen LogP contribution in [0.15, 0.2) is 72.8 Å². The largest absolute Gasteiger partial charge is 0.497 e. The van der Waals surface area contributed by atoms with E-state index in [4.69, 9.17) is 14.2 Å². The van der Waals surface area contributed by atoms with Crippen LogP contribution in [0, 0.1) is 0 Å². The first-order valence-electron chi connectivity index (χ1n) is 9.02. The van der Waals surface area contributed by atoms with Gasteiger partial charge in [0.1, 0.15) is 23.0 Å². The van der Waals surface area contributed by atoms with Crippen molar-refractivity contribution in [2.24, 2.45) is 0 Å². The van der Waals surface area contributed by atoms with E-state index in [9.17, 15) is 0 Å². The van der Waals surface area contributed by atoms with Gasteiger partial charge in [-0.2, -0.15) is 0 Å². The van der Waals surface area contributed by atoms with E-state index in [1.807, 2.05) is 60.7 Å². The molecule has 4 nitrogen and oxygen atoms in total. The molecule has 4 heteroatoms. The molecule has 0 spiro atoms. The minimum Gasteiger partial charge on any atom is -0.497 e. The van der Waals surface area contributed by atoms with Crippen molar-refractivity contribution in [2.45, 2.75) is 13.0 Å². The highest BCUT2D eigenvalue weighted by molar-refractivity contribution is 5.40. The second-order valence-electron chi connectivity index (χ2n) is 6.17. The summed E-state index contributed by atoms with van der Waals surface area (Å²) in [7, 11) is 3.37. The van der Waals surface area contributed by atoms with Gasteiger partial charge in [-0.15, -0.1) is 0 Å². The molecule has 3 rings (SSSR count). The number of benzene rings is 3. The lowest BCUT2D eigenvalue weighted by atomic mass is 10.1. The fourth-order valence-corrected chi connectivity index (χ4v) is 2.88. The van der Waals surface area contributed by atoms with Gasteiger partial charge in [0.2, 0.25) is 0 Å². The topological polar surface area (TPSA) is 39.7 Å². The molecular weight excluding hydrogens is 338 g/mol. The Hall–Kier alpha value is -2.98. The molecule has 3 aromatic rings. The molecule has 0 aromatic heterocycles. The van der Waals surface area contributed by atoms with Gasteiger partial charge < -0.3 is 19.5 Å². The van der Waals surface area contributed by atoms with Gasteiger partial charge in [0.15, 0.2) is 0 Å². The Labute approximate surface area is 160 Å². The first kappa shape index (κ1) is 18.8. The van der Waals surface area contributed by atoms with Crippen molar-refractivity contribution in [3.63, 3.8) is 0 Å². The third-order valence-electron chi connectivity index (χ3n) is 4.27. The Morgan fingerprint density at radius 3 is 2.33 bits per heavy atom. The number of hydrogen-bond acceptors (Lipinski definition) is 4. The average Bonchev–Trinajstić information content (AvgIpc) is 2.72. The third-order valence-corrected chi connectivity index (χ3v) is 4.27. The Kier molecular flexibility index (Phi) is 6.72. The maximum Gasteiger partial charge on any atom is 0.127 e. The Bertz CT molecular complexity index is 849. The number of para-hydroxylation sites is 1. The van der Waals surface area contributed by atoms with Crippen molar-refractivity contribution in [2.75, 3.05) is 20.8 Å². The van der Waals surface area contributed by atoms with E-state index in [2.05, 4.69) is 17.4 Å². The standard InChI is InChI=1S/C23H25NO3/c1-25-21-11-12-23(26-2)19(16-21)13-14-24-17-18-7-6-10-22(15-18)27-20-8-4-3-5-9-20/h3-12,15-16,24H,13-14,17H2,1-2H3. The molecule has 27 heavy (non-hydrogen) atoms. The van der Waals surface area contributed by atoms with E-state index in [1.165, 1.54) is 5.56 Å². The fourth-order valence-electron chi connectivity index (χ4n) is 2.88. The summed E-state index contributed by atoms with van der Waals surface area (Å²) in [6.07, 6.45) is 0.862. The zero-order valence-corrected chi connectivity index (χ0v) is 15.8. The molecule has 0 saturated carbocycles. The smallest absolute Gasteiger partial charge is 0.127 e. The van der Waals surface area contributed by atoms with Gasteiger partial charge in [-0.05, 0) is 66.6 Å². The summed E-state index contributed by atoms with van der Waals surface area (Å²) in [5.41, 5.74) is 2.31. The third kappa shape index (κ3) is 5.50. The van der Waals surface area contributed by atoms with Gasteiger partial charge in [-0.1, -0.05) is 30.3 Å². The van der Waals surface area contributed by atoms with Crippen LogP contribution < -0.4 is 19.5 Å². The van der Waals surface area contributed by atoms with Crippen molar-refractivity contribution in [3.8, 4) is 23.0 Å². The highest BCUT2D eigenvalue weighted by atomic mass is 16.5. The van der Waals surface area contributed by atoms with Crippen molar-refractivity contribution in [3.05, 3.63) is 83.9 Å². The molecule has 1 N–H and O–H groups in total. The number of hydrogen-bond donors (Lipinski definition) is 1. The van der Waals surface area contributed by atoms with Crippen LogP contribution in [0.5, 0.6) is 23.0 Å². The Balaban J connectivity index is 1.53. The summed E-state index contributed by atoms with van der Waals surface area (Å²) in [4.78, 5) is 0. The molecule has 0 saturated heterocycles. The first-order chi connectivity index (χ1) is 13.3. The molecule has 140 valence electrons. The number of nitrogens with one attached hydrogen (secondary N) is 1. The van der Waals surface area contributed by atoms with Crippen LogP contribution in [0.25, 0.3) is 0 Å². The van der Waals surface area contributed by atoms with Crippen LogP contribution in [-0.4, -0.2) is 20.8 Å². The molecule has 0 aliphatic rings. The SMILES string of the molecule is COc1ccc(OC)c(CCNCc2cccc(Oc3ccccc3)c2)c1. The predicted molar refractivity (Wildman–Crippen MR) is 108 cm³/mol. The van der Waals surface area contributed by atoms with Gasteiger partial charge in [0, 0.05) is 6.54 Å². The number of methoxy groups -OCH3 is 2. The summed E-state index contributed by atoms with van der Waals surface area (Å²) in [5.74, 6) is 3.41. The molecule has 0 atom stereocenters. The fraction of sp³-hybridized carbons (Fsp3) is 0.217. The van der Waals surface area contributed by atoms with Crippen LogP contribution in [0.1, 0.15) is 11.1 Å². The van der Waals surface area contributed by atoms with Crippen molar-refractivity contribution in [1.82, 2.24) is 5.32 Å². The Morgan fingerprint density at radius 1 is 0.741 bits per heavy atom. The van der Waals surface area contributed by atoms with Crippen molar-refractivity contribution in [1.29, 1.82) is 0 Å². The lowest BCUT2D eigenvalue weighted by molar-refractivity contribution is 0.398. The number of rotatable bonds is 9. The van der Waals surface area contributed by atoms with E-state index in [-0.39, 0.29) is 0 Å². The molecule has 0 amide bonds. The zero-order chi connectivity index (χ0) is 18.9. The van der Waals surface area contributed by atoms with E-state index in [0.29, 0.717) is 0 Å². The molecule has 0 fully saturated rings. The molecular formula is C23H25NO3. The zero-order valence-electron chi connectivity index (χ0n) is 15.8. The maximum atomic E-state index is 5.89. The van der Waals surface area contributed by atoms with Gasteiger partial charge in [0.25, 0.3) is 0 Å². The summed E-state index contributed by atoms with van der Waals surface area (Å²) < 4.78 is 16.6. The van der Waals surface area contributed by atoms with E-state index in [1.54, 1.807) is 14.2 Å². The molecule has 0 radical (unpaired) electrons. The van der Waals surface area contributed by atoms with E-state index in [0.717, 1.165) is 48.1 Å². The second kappa shape index (κ2) is 9.64. The molecule has 0 heterocycles. The van der Waals surface area contributed by atoms with Gasteiger partial charge >= 0.3 is 0 Å². The average molecular weight is 363 g/mol. The van der Waals surface area contributed by atoms with Crippen molar-refractivity contribution >= 4 is 0 Å². The maximum absolute atomic E-state index is 5.89. The highest BCUT2D eigenvalue weighted by Gasteiger charge is 2.05. The van der Waals surface area contributed by atoms with Crippen LogP contribution >= 0.6 is 0 Å². The highest BCUT2D eigenvalue weighted by Crippen LogP contribution is 2.24. The predicted octanol–water partition coefficient (Wildman–Crippen LogP) is 4.83. The lowest BCUT2D eigenvalue weighted by Gasteiger charge is -2.11.